The second-order valence-corrected chi connectivity index (χ2v) is 10.3. The van der Waals surface area contributed by atoms with Gasteiger partial charge in [-0.05, 0) is 37.7 Å². The second kappa shape index (κ2) is 7.58. The monoisotopic (exact) mass is 449 g/mol. The Balaban J connectivity index is 1.10. The fraction of sp³-hybridized carbons (Fsp3) is 0.560. The molecule has 8 nitrogen and oxygen atoms in total. The molecular weight excluding hydrogens is 418 g/mol. The van der Waals surface area contributed by atoms with Crippen LogP contribution in [0.2, 0.25) is 0 Å². The van der Waals surface area contributed by atoms with E-state index in [0.717, 1.165) is 25.0 Å². The van der Waals surface area contributed by atoms with Gasteiger partial charge < -0.3 is 25.2 Å². The molecule has 1 spiro atoms. The highest BCUT2D eigenvalue weighted by atomic mass is 16.3. The number of rotatable bonds is 2. The van der Waals surface area contributed by atoms with E-state index in [1.165, 1.54) is 11.1 Å². The molecule has 2 aromatic rings. The molecule has 33 heavy (non-hydrogen) atoms. The average Bonchev–Trinajstić information content (AvgIpc) is 3.44. The lowest BCUT2D eigenvalue weighted by Gasteiger charge is -2.58. The fourth-order valence-corrected chi connectivity index (χ4v) is 6.87. The van der Waals surface area contributed by atoms with Gasteiger partial charge in [0.2, 0.25) is 5.91 Å². The smallest absolute Gasteiger partial charge is 0.314 e. The number of carbonyl (C=O) groups is 2. The largest absolute Gasteiger partial charge is 0.392 e. The van der Waals surface area contributed by atoms with E-state index >= 15 is 0 Å². The molecule has 1 aliphatic carbocycles. The lowest BCUT2D eigenvalue weighted by atomic mass is 9.53. The summed E-state index contributed by atoms with van der Waals surface area (Å²) in [7, 11) is 0. The lowest BCUT2D eigenvalue weighted by molar-refractivity contribution is -0.166. The number of carbonyl (C=O) groups excluding carboxylic acids is 2. The third-order valence-corrected chi connectivity index (χ3v) is 8.83. The first-order valence-corrected chi connectivity index (χ1v) is 12.1. The normalized spacial score (nSPS) is 28.3. The van der Waals surface area contributed by atoms with Crippen LogP contribution in [0.25, 0.3) is 11.3 Å². The van der Waals surface area contributed by atoms with Crippen LogP contribution in [0.3, 0.4) is 0 Å². The van der Waals surface area contributed by atoms with Crippen molar-refractivity contribution in [3.63, 3.8) is 0 Å². The molecule has 1 saturated carbocycles. The highest BCUT2D eigenvalue weighted by Crippen LogP contribution is 2.59. The van der Waals surface area contributed by atoms with Crippen LogP contribution >= 0.6 is 0 Å². The van der Waals surface area contributed by atoms with Gasteiger partial charge >= 0.3 is 6.03 Å². The zero-order valence-electron chi connectivity index (χ0n) is 18.8. The van der Waals surface area contributed by atoms with Gasteiger partial charge in [0.15, 0.2) is 0 Å². The Labute approximate surface area is 193 Å². The van der Waals surface area contributed by atoms with Crippen LogP contribution in [0.1, 0.15) is 43.7 Å². The number of nitrogens with two attached hydrogens (primary N) is 1. The van der Waals surface area contributed by atoms with E-state index in [4.69, 9.17) is 5.73 Å². The number of fused-ring (bicyclic) bond motifs is 3. The Bertz CT molecular complexity index is 1080. The van der Waals surface area contributed by atoms with Crippen molar-refractivity contribution in [3.05, 3.63) is 42.4 Å². The summed E-state index contributed by atoms with van der Waals surface area (Å²) < 4.78 is 2.22. The van der Waals surface area contributed by atoms with Crippen LogP contribution in [0.4, 0.5) is 4.79 Å². The van der Waals surface area contributed by atoms with Gasteiger partial charge in [0, 0.05) is 49.0 Å². The van der Waals surface area contributed by atoms with Crippen LogP contribution in [-0.2, 0) is 4.79 Å². The minimum Gasteiger partial charge on any atom is -0.392 e. The zero-order chi connectivity index (χ0) is 22.7. The number of aliphatic hydroxyl groups excluding tert-OH is 1. The minimum absolute atomic E-state index is 0.0247. The Morgan fingerprint density at radius 2 is 1.79 bits per heavy atom. The molecule has 174 valence electrons. The number of imidazole rings is 1. The Morgan fingerprint density at radius 3 is 2.48 bits per heavy atom. The number of aromatic nitrogens is 2. The summed E-state index contributed by atoms with van der Waals surface area (Å²) >= 11 is 0. The van der Waals surface area contributed by atoms with E-state index in [2.05, 4.69) is 33.8 Å². The molecule has 3 aliphatic heterocycles. The summed E-state index contributed by atoms with van der Waals surface area (Å²) in [5.41, 5.74) is 8.90. The number of hydrogen-bond donors (Lipinski definition) is 2. The number of benzene rings is 1. The van der Waals surface area contributed by atoms with E-state index in [1.807, 2.05) is 17.4 Å². The van der Waals surface area contributed by atoms with Crippen molar-refractivity contribution in [3.8, 4) is 11.3 Å². The minimum atomic E-state index is -0.401. The van der Waals surface area contributed by atoms with Crippen LogP contribution in [0.15, 0.2) is 36.8 Å². The quantitative estimate of drug-likeness (QED) is 0.734. The maximum atomic E-state index is 13.1. The highest BCUT2D eigenvalue weighted by molar-refractivity contribution is 5.79. The van der Waals surface area contributed by atoms with Crippen molar-refractivity contribution in [2.24, 2.45) is 23.0 Å². The van der Waals surface area contributed by atoms with Crippen molar-refractivity contribution < 1.29 is 14.7 Å². The predicted octanol–water partition coefficient (Wildman–Crippen LogP) is 2.23. The number of nitrogens with zero attached hydrogens (tertiary/aromatic N) is 4. The van der Waals surface area contributed by atoms with Gasteiger partial charge in [0.05, 0.1) is 30.4 Å². The summed E-state index contributed by atoms with van der Waals surface area (Å²) in [5.74, 6) is 0.345. The van der Waals surface area contributed by atoms with E-state index < -0.39 is 6.03 Å². The number of likely N-dealkylation sites (tertiary alicyclic amines) is 2. The van der Waals surface area contributed by atoms with Crippen molar-refractivity contribution in [2.75, 3.05) is 26.2 Å². The molecule has 6 rings (SSSR count). The number of amides is 3. The molecule has 3 fully saturated rings. The third kappa shape index (κ3) is 3.10. The summed E-state index contributed by atoms with van der Waals surface area (Å²) in [6.07, 6.45) is 7.47. The summed E-state index contributed by atoms with van der Waals surface area (Å²) in [6, 6.07) is 8.18. The molecule has 1 aromatic carbocycles. The van der Waals surface area contributed by atoms with Gasteiger partial charge in [0.1, 0.15) is 0 Å². The molecule has 4 heterocycles. The van der Waals surface area contributed by atoms with Gasteiger partial charge in [-0.2, -0.15) is 0 Å². The van der Waals surface area contributed by atoms with Crippen LogP contribution in [0, 0.1) is 17.3 Å². The first-order valence-electron chi connectivity index (χ1n) is 12.1. The molecule has 2 saturated heterocycles. The van der Waals surface area contributed by atoms with Gasteiger partial charge in [0.25, 0.3) is 0 Å². The standard InChI is InChI=1S/C25H31N5O3/c26-24(33)29-9-5-16(6-10-29)23(32)28-11-7-25(8-12-28)13-19(22(25)31)21-18-4-2-1-3-17(18)20-14-27-15-30(20)21/h1-4,14-16,19,21-22,31H,5-13H2,(H2,26,33)/t19-,21+,22+/m0/s1. The molecule has 0 radical (unpaired) electrons. The van der Waals surface area contributed by atoms with Gasteiger partial charge in [-0.15, -0.1) is 0 Å². The first-order chi connectivity index (χ1) is 16.0. The second-order valence-electron chi connectivity index (χ2n) is 10.3. The van der Waals surface area contributed by atoms with Crippen molar-refractivity contribution in [1.82, 2.24) is 19.4 Å². The fourth-order valence-electron chi connectivity index (χ4n) is 6.87. The van der Waals surface area contributed by atoms with E-state index in [0.29, 0.717) is 39.0 Å². The van der Waals surface area contributed by atoms with Crippen LogP contribution < -0.4 is 5.73 Å². The van der Waals surface area contributed by atoms with E-state index in [1.54, 1.807) is 4.90 Å². The lowest BCUT2D eigenvalue weighted by Crippen LogP contribution is -2.60. The molecule has 3 atom stereocenters. The zero-order valence-corrected chi connectivity index (χ0v) is 18.8. The van der Waals surface area contributed by atoms with Crippen LogP contribution in [-0.4, -0.2) is 68.7 Å². The topological polar surface area (TPSA) is 105 Å². The summed E-state index contributed by atoms with van der Waals surface area (Å²) in [5, 5.41) is 11.4. The molecular formula is C25H31N5O3. The number of hydrogen-bond acceptors (Lipinski definition) is 4. The number of aliphatic hydroxyl groups is 1. The molecule has 1 aromatic heterocycles. The maximum absolute atomic E-state index is 13.1. The van der Waals surface area contributed by atoms with Crippen molar-refractivity contribution in [2.45, 2.75) is 44.2 Å². The SMILES string of the molecule is NC(=O)N1CCC(C(=O)N2CCC3(CC2)C[C@@H]([C@H]2c4ccccc4-c4cncn42)[C@H]3O)CC1. The molecule has 8 heteroatoms. The summed E-state index contributed by atoms with van der Waals surface area (Å²) in [6.45, 7) is 2.53. The maximum Gasteiger partial charge on any atom is 0.314 e. The Hall–Kier alpha value is -2.87. The van der Waals surface area contributed by atoms with Gasteiger partial charge in [-0.3, -0.25) is 4.79 Å². The van der Waals surface area contributed by atoms with Crippen molar-refractivity contribution in [1.29, 1.82) is 0 Å². The number of urea groups is 1. The molecule has 0 bridgehead atoms. The Kier molecular flexibility index (Phi) is 4.76. The average molecular weight is 450 g/mol. The van der Waals surface area contributed by atoms with E-state index in [-0.39, 0.29) is 35.3 Å². The molecule has 3 amide bonds. The summed E-state index contributed by atoms with van der Waals surface area (Å²) in [4.78, 5) is 32.4. The number of piperidine rings is 2. The van der Waals surface area contributed by atoms with Crippen molar-refractivity contribution >= 4 is 11.9 Å². The number of primary amides is 1. The third-order valence-electron chi connectivity index (χ3n) is 8.83. The molecule has 3 N–H and O–H groups in total. The highest BCUT2D eigenvalue weighted by Gasteiger charge is 2.58. The predicted molar refractivity (Wildman–Crippen MR) is 122 cm³/mol. The van der Waals surface area contributed by atoms with Crippen LogP contribution in [0.5, 0.6) is 0 Å². The molecule has 4 aliphatic rings. The van der Waals surface area contributed by atoms with E-state index in [9.17, 15) is 14.7 Å². The first kappa shape index (κ1) is 20.7. The Morgan fingerprint density at radius 1 is 1.06 bits per heavy atom. The van der Waals surface area contributed by atoms with Gasteiger partial charge in [-0.25, -0.2) is 9.78 Å². The molecule has 0 unspecified atom stereocenters. The van der Waals surface area contributed by atoms with Gasteiger partial charge in [-0.1, -0.05) is 24.3 Å².